The van der Waals surface area contributed by atoms with Gasteiger partial charge in [0.1, 0.15) is 0 Å². The molecule has 0 aliphatic heterocycles. The molecular weight excluding hydrogens is 1330 g/mol. The Hall–Kier alpha value is -14.1. The highest BCUT2D eigenvalue weighted by molar-refractivity contribution is 6.17. The molecule has 0 fully saturated rings. The van der Waals surface area contributed by atoms with Crippen LogP contribution in [0.25, 0.3) is 176 Å². The molecule has 0 aliphatic rings. The molecular formula is C106H80N4. The second-order valence-electron chi connectivity index (χ2n) is 28.5. The van der Waals surface area contributed by atoms with Gasteiger partial charge in [0.05, 0.1) is 33.1 Å². The SMILES string of the molecule is Cc1ccc(-n2c3ccccc3c3cccc(-c4ccc(-c5ccccc5)cc4)c32)cc1.Cc1cccc(-n2c3ccccc3c3cccc(-c4ccc(-c5ccccc5)cc4)c32)c1.Cn1c2ccccc2c2cccc(-c3ccc(-c4ccccc4)cc3)c21.Cn1c2ccccc2c2cccc(-c3ccccc3)c21. The lowest BCUT2D eigenvalue weighted by Crippen LogP contribution is -1.96. The zero-order valence-corrected chi connectivity index (χ0v) is 62.0. The van der Waals surface area contributed by atoms with Crippen LogP contribution in [0.15, 0.2) is 413 Å². The topological polar surface area (TPSA) is 19.7 Å². The van der Waals surface area contributed by atoms with Gasteiger partial charge in [-0.15, -0.1) is 0 Å². The Morgan fingerprint density at radius 2 is 0.418 bits per heavy atom. The fraction of sp³-hybridized carbons (Fsp3) is 0.0377. The van der Waals surface area contributed by atoms with Gasteiger partial charge in [-0.3, -0.25) is 0 Å². The van der Waals surface area contributed by atoms with Gasteiger partial charge in [0.15, 0.2) is 0 Å². The molecule has 0 atom stereocenters. The van der Waals surface area contributed by atoms with E-state index in [1.54, 1.807) is 0 Å². The lowest BCUT2D eigenvalue weighted by molar-refractivity contribution is 1.02. The molecule has 0 N–H and O–H groups in total. The van der Waals surface area contributed by atoms with Crippen LogP contribution < -0.4 is 0 Å². The number of benzene rings is 17. The molecule has 0 bridgehead atoms. The first kappa shape index (κ1) is 67.8. The number of hydrogen-bond acceptors (Lipinski definition) is 0. The van der Waals surface area contributed by atoms with Crippen LogP contribution in [0.5, 0.6) is 0 Å². The van der Waals surface area contributed by atoms with Gasteiger partial charge in [0.25, 0.3) is 0 Å². The van der Waals surface area contributed by atoms with Gasteiger partial charge in [-0.05, 0) is 124 Å². The average Bonchev–Trinajstić information content (AvgIpc) is 1.60. The van der Waals surface area contributed by atoms with E-state index in [1.165, 1.54) is 188 Å². The van der Waals surface area contributed by atoms with Crippen LogP contribution in [-0.2, 0) is 14.1 Å². The van der Waals surface area contributed by atoms with Crippen molar-refractivity contribution in [2.75, 3.05) is 0 Å². The van der Waals surface area contributed by atoms with E-state index >= 15 is 0 Å². The predicted molar refractivity (Wildman–Crippen MR) is 470 cm³/mol. The van der Waals surface area contributed by atoms with Crippen LogP contribution in [-0.4, -0.2) is 18.3 Å². The highest BCUT2D eigenvalue weighted by atomic mass is 15.0. The molecule has 4 nitrogen and oxygen atoms in total. The summed E-state index contributed by atoms with van der Waals surface area (Å²) in [5.41, 5.74) is 32.6. The largest absolute Gasteiger partial charge is 0.343 e. The summed E-state index contributed by atoms with van der Waals surface area (Å²) in [7, 11) is 4.31. The molecule has 21 aromatic rings. The molecule has 0 aliphatic carbocycles. The van der Waals surface area contributed by atoms with Gasteiger partial charge in [-0.25, -0.2) is 0 Å². The number of hydrogen-bond donors (Lipinski definition) is 0. The monoisotopic (exact) mass is 1410 g/mol. The fourth-order valence-corrected chi connectivity index (χ4v) is 16.5. The van der Waals surface area contributed by atoms with Gasteiger partial charge >= 0.3 is 0 Å². The van der Waals surface area contributed by atoms with Crippen LogP contribution in [0.4, 0.5) is 0 Å². The number of para-hydroxylation sites is 8. The first-order valence-electron chi connectivity index (χ1n) is 37.9. The summed E-state index contributed by atoms with van der Waals surface area (Å²) in [6, 6.07) is 148. The average molecular weight is 1410 g/mol. The molecule has 0 spiro atoms. The van der Waals surface area contributed by atoms with Crippen molar-refractivity contribution < 1.29 is 0 Å². The van der Waals surface area contributed by atoms with Crippen molar-refractivity contribution in [2.45, 2.75) is 13.8 Å². The Morgan fingerprint density at radius 1 is 0.164 bits per heavy atom. The van der Waals surface area contributed by atoms with Gasteiger partial charge < -0.3 is 18.3 Å². The van der Waals surface area contributed by atoms with E-state index in [-0.39, 0.29) is 0 Å². The second kappa shape index (κ2) is 29.7. The Kier molecular flexibility index (Phi) is 18.3. The molecule has 524 valence electrons. The first-order valence-corrected chi connectivity index (χ1v) is 37.9. The fourth-order valence-electron chi connectivity index (χ4n) is 16.5. The van der Waals surface area contributed by atoms with Crippen LogP contribution in [0, 0.1) is 13.8 Å². The summed E-state index contributed by atoms with van der Waals surface area (Å²) in [6.07, 6.45) is 0. The van der Waals surface area contributed by atoms with E-state index in [4.69, 9.17) is 0 Å². The Labute approximate surface area is 642 Å². The molecule has 0 radical (unpaired) electrons. The van der Waals surface area contributed by atoms with Crippen molar-refractivity contribution in [3.05, 3.63) is 424 Å². The summed E-state index contributed by atoms with van der Waals surface area (Å²) < 4.78 is 9.43. The maximum absolute atomic E-state index is 2.41. The highest BCUT2D eigenvalue weighted by Gasteiger charge is 2.20. The molecule has 21 rings (SSSR count). The highest BCUT2D eigenvalue weighted by Crippen LogP contribution is 2.43. The lowest BCUT2D eigenvalue weighted by Gasteiger charge is -2.13. The van der Waals surface area contributed by atoms with Crippen molar-refractivity contribution in [1.82, 2.24) is 18.3 Å². The van der Waals surface area contributed by atoms with Gasteiger partial charge in [-0.1, -0.05) is 370 Å². The second-order valence-corrected chi connectivity index (χ2v) is 28.5. The van der Waals surface area contributed by atoms with Crippen LogP contribution in [0.2, 0.25) is 0 Å². The summed E-state index contributed by atoms with van der Waals surface area (Å²) in [5, 5.41) is 10.4. The maximum atomic E-state index is 2.41. The van der Waals surface area contributed by atoms with Crippen LogP contribution >= 0.6 is 0 Å². The van der Waals surface area contributed by atoms with E-state index < -0.39 is 0 Å². The molecule has 110 heavy (non-hydrogen) atoms. The smallest absolute Gasteiger partial charge is 0.0619 e. The minimum absolute atomic E-state index is 1.19. The third-order valence-corrected chi connectivity index (χ3v) is 21.8. The van der Waals surface area contributed by atoms with E-state index in [9.17, 15) is 0 Å². The van der Waals surface area contributed by atoms with Crippen molar-refractivity contribution >= 4 is 87.2 Å². The third-order valence-electron chi connectivity index (χ3n) is 21.8. The number of nitrogens with zero attached hydrogens (tertiary/aromatic N) is 4. The quantitative estimate of drug-likeness (QED) is 0.137. The predicted octanol–water partition coefficient (Wildman–Crippen LogP) is 28.5. The Balaban J connectivity index is 0.000000104. The summed E-state index contributed by atoms with van der Waals surface area (Å²) in [4.78, 5) is 0. The number of fused-ring (bicyclic) bond motifs is 12. The normalized spacial score (nSPS) is 11.3. The molecule has 0 saturated carbocycles. The Morgan fingerprint density at radius 3 is 0.782 bits per heavy atom. The molecule has 4 heterocycles. The van der Waals surface area contributed by atoms with Crippen molar-refractivity contribution in [3.63, 3.8) is 0 Å². The van der Waals surface area contributed by atoms with Crippen molar-refractivity contribution in [2.24, 2.45) is 14.1 Å². The summed E-state index contributed by atoms with van der Waals surface area (Å²) >= 11 is 0. The standard InChI is InChI=1S/2C31H23N.C25H19N.C19H15N/c1-22-9-7-12-26(21-22)32-30-16-6-5-13-28(30)29-15-8-14-27(31(29)32)25-19-17-24(18-20-25)23-10-3-2-4-11-23;1-22-14-20-26(21-15-22)32-30-13-6-5-10-28(30)29-12-7-11-27(31(29)32)25-18-16-24(17-19-25)23-8-3-2-4-9-23;1-26-24-13-6-5-10-22(24)23-12-7-11-21(25(23)26)20-16-14-19(15-17-20)18-8-3-2-4-9-18;1-20-18-13-6-5-10-16(18)17-12-7-11-15(19(17)20)14-8-3-2-4-9-14/h2*2-21H,1H3;2-17H,1H3;2-13H,1H3. The maximum Gasteiger partial charge on any atom is 0.0619 e. The van der Waals surface area contributed by atoms with E-state index in [1.807, 2.05) is 0 Å². The van der Waals surface area contributed by atoms with E-state index in [2.05, 4.69) is 459 Å². The number of aryl methyl sites for hydroxylation is 4. The Bertz CT molecular complexity index is 6860. The molecule has 0 amide bonds. The number of aromatic nitrogens is 4. The van der Waals surface area contributed by atoms with E-state index in [0.29, 0.717) is 0 Å². The molecule has 4 aromatic heterocycles. The third kappa shape index (κ3) is 12.8. The zero-order valence-electron chi connectivity index (χ0n) is 62.0. The molecule has 0 unspecified atom stereocenters. The van der Waals surface area contributed by atoms with Crippen LogP contribution in [0.1, 0.15) is 11.1 Å². The zero-order chi connectivity index (χ0) is 74.0. The van der Waals surface area contributed by atoms with Crippen LogP contribution in [0.3, 0.4) is 0 Å². The summed E-state index contributed by atoms with van der Waals surface area (Å²) in [5.74, 6) is 0. The molecule has 17 aromatic carbocycles. The first-order chi connectivity index (χ1) is 54.3. The minimum Gasteiger partial charge on any atom is -0.343 e. The number of rotatable bonds is 9. The molecule has 0 saturated heterocycles. The lowest BCUT2D eigenvalue weighted by atomic mass is 9.98. The van der Waals surface area contributed by atoms with Crippen molar-refractivity contribution in [3.8, 4) is 89.3 Å². The molecule has 4 heteroatoms. The van der Waals surface area contributed by atoms with Gasteiger partial charge in [0.2, 0.25) is 0 Å². The van der Waals surface area contributed by atoms with Gasteiger partial charge in [0, 0.05) is 102 Å². The minimum atomic E-state index is 1.19. The summed E-state index contributed by atoms with van der Waals surface area (Å²) in [6.45, 7) is 4.29. The van der Waals surface area contributed by atoms with E-state index in [0.717, 1.165) is 0 Å². The van der Waals surface area contributed by atoms with Gasteiger partial charge in [-0.2, -0.15) is 0 Å². The van der Waals surface area contributed by atoms with Crippen molar-refractivity contribution in [1.29, 1.82) is 0 Å².